The van der Waals surface area contributed by atoms with Gasteiger partial charge in [0.05, 0.1) is 4.90 Å². The lowest BCUT2D eigenvalue weighted by atomic mass is 10.1. The topological polar surface area (TPSA) is 66.4 Å². The molecule has 0 saturated heterocycles. The van der Waals surface area contributed by atoms with Crippen molar-refractivity contribution in [3.63, 3.8) is 0 Å². The van der Waals surface area contributed by atoms with E-state index in [2.05, 4.69) is 36.6 Å². The highest BCUT2D eigenvalue weighted by Gasteiger charge is 2.42. The van der Waals surface area contributed by atoms with Crippen LogP contribution >= 0.6 is 31.9 Å². The zero-order valence-corrected chi connectivity index (χ0v) is 13.5. The summed E-state index contributed by atoms with van der Waals surface area (Å²) in [7, 11) is -3.54. The first-order valence-electron chi connectivity index (χ1n) is 5.44. The van der Waals surface area contributed by atoms with Crippen LogP contribution in [0.3, 0.4) is 0 Å². The Morgan fingerprint density at radius 1 is 1.33 bits per heavy atom. The standard InChI is InChI=1S/C11H13Br2NO3S/c12-8-1-2-10(9(13)5-8)18(16,17)14-6-11(7-15)3-4-11/h1-2,5,14-15H,3-4,6-7H2. The molecule has 1 aliphatic carbocycles. The van der Waals surface area contributed by atoms with Crippen LogP contribution in [-0.4, -0.2) is 26.7 Å². The molecule has 0 bridgehead atoms. The summed E-state index contributed by atoms with van der Waals surface area (Å²) in [4.78, 5) is 0.208. The Labute approximate surface area is 123 Å². The summed E-state index contributed by atoms with van der Waals surface area (Å²) in [5, 5.41) is 9.16. The number of aliphatic hydroxyl groups is 1. The predicted molar refractivity (Wildman–Crippen MR) is 75.8 cm³/mol. The second-order valence-corrected chi connectivity index (χ2v) is 8.06. The smallest absolute Gasteiger partial charge is 0.241 e. The first kappa shape index (κ1) is 14.5. The molecule has 18 heavy (non-hydrogen) atoms. The van der Waals surface area contributed by atoms with Gasteiger partial charge in [-0.05, 0) is 47.0 Å². The molecule has 100 valence electrons. The minimum Gasteiger partial charge on any atom is -0.396 e. The molecule has 4 nitrogen and oxygen atoms in total. The second-order valence-electron chi connectivity index (χ2n) is 4.56. The highest BCUT2D eigenvalue weighted by molar-refractivity contribution is 9.11. The van der Waals surface area contributed by atoms with Gasteiger partial charge in [0, 0.05) is 27.5 Å². The monoisotopic (exact) mass is 397 g/mol. The highest BCUT2D eigenvalue weighted by Crippen LogP contribution is 2.44. The molecule has 0 amide bonds. The summed E-state index contributed by atoms with van der Waals surface area (Å²) in [6.07, 6.45) is 1.74. The van der Waals surface area contributed by atoms with Gasteiger partial charge in [-0.2, -0.15) is 0 Å². The third-order valence-corrected chi connectivity index (χ3v) is 5.98. The maximum absolute atomic E-state index is 12.1. The van der Waals surface area contributed by atoms with Gasteiger partial charge in [-0.25, -0.2) is 13.1 Å². The molecule has 2 rings (SSSR count). The molecule has 1 aliphatic rings. The lowest BCUT2D eigenvalue weighted by molar-refractivity contribution is 0.213. The fourth-order valence-electron chi connectivity index (χ4n) is 1.59. The number of hydrogen-bond acceptors (Lipinski definition) is 3. The zero-order chi connectivity index (χ0) is 13.4. The lowest BCUT2D eigenvalue weighted by Crippen LogP contribution is -2.32. The van der Waals surface area contributed by atoms with Crippen LogP contribution in [0.2, 0.25) is 0 Å². The van der Waals surface area contributed by atoms with Crippen molar-refractivity contribution < 1.29 is 13.5 Å². The molecule has 0 aliphatic heterocycles. The summed E-state index contributed by atoms with van der Waals surface area (Å²) in [6, 6.07) is 4.90. The summed E-state index contributed by atoms with van der Waals surface area (Å²) in [5.41, 5.74) is -0.241. The number of rotatable bonds is 5. The maximum atomic E-state index is 12.1. The van der Waals surface area contributed by atoms with Crippen LogP contribution in [0.5, 0.6) is 0 Å². The van der Waals surface area contributed by atoms with Crippen molar-refractivity contribution >= 4 is 41.9 Å². The van der Waals surface area contributed by atoms with Crippen LogP contribution in [0.4, 0.5) is 0 Å². The molecule has 1 aromatic rings. The van der Waals surface area contributed by atoms with E-state index >= 15 is 0 Å². The van der Waals surface area contributed by atoms with E-state index in [4.69, 9.17) is 5.11 Å². The van der Waals surface area contributed by atoms with Gasteiger partial charge in [0.15, 0.2) is 0 Å². The van der Waals surface area contributed by atoms with Crippen LogP contribution in [0.25, 0.3) is 0 Å². The van der Waals surface area contributed by atoms with Crippen LogP contribution in [0.1, 0.15) is 12.8 Å². The van der Waals surface area contributed by atoms with Crippen molar-refractivity contribution in [3.05, 3.63) is 27.1 Å². The molecule has 0 unspecified atom stereocenters. The summed E-state index contributed by atoms with van der Waals surface area (Å²) in [6.45, 7) is 0.311. The number of halogens is 2. The van der Waals surface area contributed by atoms with E-state index in [1.807, 2.05) is 0 Å². The fraction of sp³-hybridized carbons (Fsp3) is 0.455. The van der Waals surface area contributed by atoms with Gasteiger partial charge in [-0.15, -0.1) is 0 Å². The van der Waals surface area contributed by atoms with E-state index in [1.165, 1.54) is 6.07 Å². The van der Waals surface area contributed by atoms with Crippen molar-refractivity contribution in [2.24, 2.45) is 5.41 Å². The van der Waals surface area contributed by atoms with Crippen LogP contribution in [0, 0.1) is 5.41 Å². The van der Waals surface area contributed by atoms with Gasteiger partial charge in [-0.1, -0.05) is 15.9 Å². The molecule has 0 aromatic heterocycles. The molecule has 1 aromatic carbocycles. The minimum atomic E-state index is -3.54. The van der Waals surface area contributed by atoms with E-state index in [9.17, 15) is 8.42 Å². The predicted octanol–water partition coefficient (Wildman–Crippen LogP) is 2.26. The van der Waals surface area contributed by atoms with Crippen molar-refractivity contribution in [1.29, 1.82) is 0 Å². The largest absolute Gasteiger partial charge is 0.396 e. The van der Waals surface area contributed by atoms with Crippen LogP contribution < -0.4 is 4.72 Å². The van der Waals surface area contributed by atoms with Gasteiger partial charge in [0.25, 0.3) is 0 Å². The zero-order valence-electron chi connectivity index (χ0n) is 9.49. The average Bonchev–Trinajstić information content (AvgIpc) is 3.07. The fourth-order valence-corrected chi connectivity index (χ4v) is 4.49. The molecule has 0 spiro atoms. The van der Waals surface area contributed by atoms with Gasteiger partial charge in [0.2, 0.25) is 10.0 Å². The molecule has 0 heterocycles. The Morgan fingerprint density at radius 3 is 2.50 bits per heavy atom. The normalized spacial score (nSPS) is 17.7. The third-order valence-electron chi connectivity index (χ3n) is 3.11. The molecule has 1 fully saturated rings. The molecule has 0 atom stereocenters. The van der Waals surface area contributed by atoms with Gasteiger partial charge in [0.1, 0.15) is 0 Å². The molecular weight excluding hydrogens is 386 g/mol. The third kappa shape index (κ3) is 3.14. The quantitative estimate of drug-likeness (QED) is 0.799. The van der Waals surface area contributed by atoms with E-state index in [1.54, 1.807) is 12.1 Å². The van der Waals surface area contributed by atoms with Gasteiger partial charge >= 0.3 is 0 Å². The van der Waals surface area contributed by atoms with Crippen molar-refractivity contribution in [2.75, 3.05) is 13.2 Å². The Kier molecular flexibility index (Phi) is 4.18. The number of aliphatic hydroxyl groups excluding tert-OH is 1. The SMILES string of the molecule is O=S(=O)(NCC1(CO)CC1)c1ccc(Br)cc1Br. The second kappa shape index (κ2) is 5.20. The number of benzene rings is 1. The number of nitrogens with one attached hydrogen (secondary N) is 1. The highest BCUT2D eigenvalue weighted by atomic mass is 79.9. The average molecular weight is 399 g/mol. The first-order valence-corrected chi connectivity index (χ1v) is 8.51. The van der Waals surface area contributed by atoms with E-state index < -0.39 is 10.0 Å². The van der Waals surface area contributed by atoms with E-state index in [0.717, 1.165) is 17.3 Å². The summed E-state index contributed by atoms with van der Waals surface area (Å²) < 4.78 is 28.1. The maximum Gasteiger partial charge on any atom is 0.241 e. The lowest BCUT2D eigenvalue weighted by Gasteiger charge is -2.14. The minimum absolute atomic E-state index is 0.0248. The summed E-state index contributed by atoms with van der Waals surface area (Å²) in [5.74, 6) is 0. The summed E-state index contributed by atoms with van der Waals surface area (Å²) >= 11 is 6.51. The molecular formula is C11H13Br2NO3S. The number of sulfonamides is 1. The first-order chi connectivity index (χ1) is 8.38. The number of hydrogen-bond donors (Lipinski definition) is 2. The molecule has 7 heteroatoms. The molecule has 1 saturated carbocycles. The Morgan fingerprint density at radius 2 is 2.00 bits per heavy atom. The van der Waals surface area contributed by atoms with Crippen molar-refractivity contribution in [1.82, 2.24) is 4.72 Å². The van der Waals surface area contributed by atoms with Crippen molar-refractivity contribution in [3.8, 4) is 0 Å². The Bertz CT molecular complexity index is 555. The Hall–Kier alpha value is 0.0500. The van der Waals surface area contributed by atoms with E-state index in [0.29, 0.717) is 4.47 Å². The molecule has 2 N–H and O–H groups in total. The van der Waals surface area contributed by atoms with E-state index in [-0.39, 0.29) is 23.5 Å². The van der Waals surface area contributed by atoms with Crippen molar-refractivity contribution in [2.45, 2.75) is 17.7 Å². The van der Waals surface area contributed by atoms with Gasteiger partial charge < -0.3 is 5.11 Å². The molecule has 0 radical (unpaired) electrons. The van der Waals surface area contributed by atoms with Crippen LogP contribution in [-0.2, 0) is 10.0 Å². The Balaban J connectivity index is 2.15. The van der Waals surface area contributed by atoms with Gasteiger partial charge in [-0.3, -0.25) is 0 Å². The van der Waals surface area contributed by atoms with Crippen LogP contribution in [0.15, 0.2) is 32.0 Å².